The molecule has 2 aliphatic rings. The zero-order chi connectivity index (χ0) is 28.8. The molecule has 0 bridgehead atoms. The molecule has 11 heteroatoms. The molecular weight excluding hydrogens is 564 g/mol. The zero-order valence-electron chi connectivity index (χ0n) is 22.4. The van der Waals surface area contributed by atoms with Gasteiger partial charge in [0.2, 0.25) is 5.17 Å². The highest BCUT2D eigenvalue weighted by molar-refractivity contribution is 8.27. The normalized spacial score (nSPS) is 15.4. The molecule has 0 spiro atoms. The summed E-state index contributed by atoms with van der Waals surface area (Å²) in [6.07, 6.45) is 1.54. The van der Waals surface area contributed by atoms with Crippen LogP contribution in [0.2, 0.25) is 5.02 Å². The van der Waals surface area contributed by atoms with Gasteiger partial charge in [-0.2, -0.15) is 15.1 Å². The third-order valence-corrected chi connectivity index (χ3v) is 7.09. The maximum Gasteiger partial charge on any atom is 0.283 e. The van der Waals surface area contributed by atoms with Gasteiger partial charge in [-0.15, -0.1) is 0 Å². The summed E-state index contributed by atoms with van der Waals surface area (Å²) in [6, 6.07) is 20.4. The number of halogens is 1. The molecule has 0 radical (unpaired) electrons. The predicted octanol–water partition coefficient (Wildman–Crippen LogP) is 6.20. The molecule has 3 aromatic rings. The van der Waals surface area contributed by atoms with E-state index in [1.54, 1.807) is 18.2 Å². The van der Waals surface area contributed by atoms with Gasteiger partial charge in [0, 0.05) is 0 Å². The average molecular weight is 591 g/mol. The van der Waals surface area contributed by atoms with Gasteiger partial charge in [0.05, 0.1) is 17.2 Å². The molecule has 9 nitrogen and oxygen atoms in total. The number of hydrazone groups is 1. The van der Waals surface area contributed by atoms with Crippen LogP contribution in [0.3, 0.4) is 0 Å². The third kappa shape index (κ3) is 6.72. The standard InChI is InChI=1S/C30H27ClN4O5S/c1-3-37-25-17-20(16-23(31)27(25)39-14-13-38-24-12-8-7-9-19(24)2)15-22-28(32)35-30(33-29(22)36)41-26(34-35)18-40-21-10-5-4-6-11-21/h4-12,15-17,32H,3,13-14,18H2,1-2H3/b22-15-,32-28?. The Hall–Kier alpha value is -4.28. The van der Waals surface area contributed by atoms with Crippen LogP contribution in [0.15, 0.2) is 82.4 Å². The van der Waals surface area contributed by atoms with E-state index in [9.17, 15) is 4.79 Å². The highest BCUT2D eigenvalue weighted by Crippen LogP contribution is 2.38. The maximum absolute atomic E-state index is 12.9. The monoisotopic (exact) mass is 590 g/mol. The highest BCUT2D eigenvalue weighted by Gasteiger charge is 2.36. The smallest absolute Gasteiger partial charge is 0.283 e. The number of rotatable bonds is 11. The van der Waals surface area contributed by atoms with Crippen molar-refractivity contribution in [2.45, 2.75) is 13.8 Å². The Bertz CT molecular complexity index is 1560. The van der Waals surface area contributed by atoms with Crippen molar-refractivity contribution in [1.82, 2.24) is 5.01 Å². The summed E-state index contributed by atoms with van der Waals surface area (Å²) in [5, 5.41) is 15.6. The van der Waals surface area contributed by atoms with Crippen molar-refractivity contribution in [3.05, 3.63) is 88.5 Å². The van der Waals surface area contributed by atoms with Gasteiger partial charge < -0.3 is 18.9 Å². The lowest BCUT2D eigenvalue weighted by Gasteiger charge is -2.20. The fraction of sp³-hybridized carbons (Fsp3) is 0.200. The maximum atomic E-state index is 12.9. The van der Waals surface area contributed by atoms with Crippen molar-refractivity contribution in [2.75, 3.05) is 26.4 Å². The van der Waals surface area contributed by atoms with Crippen LogP contribution in [0.25, 0.3) is 6.08 Å². The van der Waals surface area contributed by atoms with Gasteiger partial charge >= 0.3 is 0 Å². The van der Waals surface area contributed by atoms with Crippen LogP contribution in [-0.2, 0) is 4.79 Å². The van der Waals surface area contributed by atoms with Crippen LogP contribution in [0.1, 0.15) is 18.1 Å². The van der Waals surface area contributed by atoms with Gasteiger partial charge in [-0.25, -0.2) is 0 Å². The number of benzene rings is 3. The number of hydrogen-bond acceptors (Lipinski definition) is 8. The zero-order valence-corrected chi connectivity index (χ0v) is 24.0. The molecule has 1 N–H and O–H groups in total. The number of carbonyl (C=O) groups is 1. The summed E-state index contributed by atoms with van der Waals surface area (Å²) in [7, 11) is 0. The Labute approximate surface area is 246 Å². The van der Waals surface area contributed by atoms with Crippen LogP contribution >= 0.6 is 23.4 Å². The lowest BCUT2D eigenvalue weighted by molar-refractivity contribution is -0.114. The predicted molar refractivity (Wildman–Crippen MR) is 162 cm³/mol. The second-order valence-corrected chi connectivity index (χ2v) is 10.3. The molecule has 2 aliphatic heterocycles. The van der Waals surface area contributed by atoms with Crippen molar-refractivity contribution in [3.63, 3.8) is 0 Å². The SMILES string of the molecule is CCOc1cc(/C=C2/C(=N)N3N=C(COc4ccccc4)SC3=NC2=O)cc(Cl)c1OCCOc1ccccc1C. The number of amides is 1. The van der Waals surface area contributed by atoms with Gasteiger partial charge in [-0.05, 0) is 73.1 Å². The second kappa shape index (κ2) is 12.9. The number of aryl methyl sites for hydroxylation is 1. The van der Waals surface area contributed by atoms with Crippen LogP contribution in [0.5, 0.6) is 23.0 Å². The van der Waals surface area contributed by atoms with E-state index < -0.39 is 5.91 Å². The Morgan fingerprint density at radius 3 is 2.51 bits per heavy atom. The molecule has 1 amide bonds. The van der Waals surface area contributed by atoms with Gasteiger partial charge in [0.15, 0.2) is 17.3 Å². The number of carbonyl (C=O) groups excluding carboxylic acids is 1. The molecule has 2 heterocycles. The molecule has 210 valence electrons. The van der Waals surface area contributed by atoms with Gasteiger partial charge in [-0.1, -0.05) is 48.0 Å². The largest absolute Gasteiger partial charge is 0.490 e. The minimum Gasteiger partial charge on any atom is -0.490 e. The molecule has 5 rings (SSSR count). The Morgan fingerprint density at radius 1 is 0.976 bits per heavy atom. The number of thioether (sulfide) groups is 1. The minimum atomic E-state index is -0.544. The van der Waals surface area contributed by atoms with E-state index in [2.05, 4.69) is 10.1 Å². The first-order chi connectivity index (χ1) is 19.9. The summed E-state index contributed by atoms with van der Waals surface area (Å²) in [6.45, 7) is 4.96. The number of hydrogen-bond donors (Lipinski definition) is 1. The van der Waals surface area contributed by atoms with Gasteiger partial charge in [0.25, 0.3) is 5.91 Å². The van der Waals surface area contributed by atoms with Crippen molar-refractivity contribution in [2.24, 2.45) is 10.1 Å². The van der Waals surface area contributed by atoms with Gasteiger partial charge in [0.1, 0.15) is 36.4 Å². The Kier molecular flexibility index (Phi) is 8.91. The number of aliphatic imine (C=N–C) groups is 1. The van der Waals surface area contributed by atoms with Crippen LogP contribution < -0.4 is 18.9 Å². The molecule has 0 atom stereocenters. The van der Waals surface area contributed by atoms with E-state index in [0.717, 1.165) is 11.3 Å². The average Bonchev–Trinajstić information content (AvgIpc) is 3.38. The molecule has 0 saturated heterocycles. The molecule has 3 aromatic carbocycles. The number of nitrogens with zero attached hydrogens (tertiary/aromatic N) is 3. The minimum absolute atomic E-state index is 0.0714. The molecule has 41 heavy (non-hydrogen) atoms. The topological polar surface area (TPSA) is 106 Å². The number of amidine groups is 2. The van der Waals surface area contributed by atoms with E-state index in [4.69, 9.17) is 36.0 Å². The molecule has 0 aliphatic carbocycles. The summed E-state index contributed by atoms with van der Waals surface area (Å²) in [5.74, 6) is 1.63. The van der Waals surface area contributed by atoms with Crippen molar-refractivity contribution in [1.29, 1.82) is 5.41 Å². The number of ether oxygens (including phenoxy) is 4. The van der Waals surface area contributed by atoms with Crippen LogP contribution in [-0.4, -0.2) is 53.4 Å². The molecule has 0 aromatic heterocycles. The first kappa shape index (κ1) is 28.3. The van der Waals surface area contributed by atoms with E-state index in [-0.39, 0.29) is 24.6 Å². The summed E-state index contributed by atoms with van der Waals surface area (Å²) in [4.78, 5) is 17.0. The first-order valence-corrected chi connectivity index (χ1v) is 14.1. The fourth-order valence-corrected chi connectivity index (χ4v) is 5.08. The quantitative estimate of drug-likeness (QED) is 0.209. The van der Waals surface area contributed by atoms with Gasteiger partial charge in [-0.3, -0.25) is 10.2 Å². The Balaban J connectivity index is 1.29. The molecular formula is C30H27ClN4O5S. The fourth-order valence-electron chi connectivity index (χ4n) is 4.01. The van der Waals surface area contributed by atoms with E-state index in [0.29, 0.717) is 51.3 Å². The summed E-state index contributed by atoms with van der Waals surface area (Å²) >= 11 is 7.78. The summed E-state index contributed by atoms with van der Waals surface area (Å²) < 4.78 is 23.3. The molecule has 0 unspecified atom stereocenters. The van der Waals surface area contributed by atoms with Crippen molar-refractivity contribution in [3.8, 4) is 23.0 Å². The van der Waals surface area contributed by atoms with Crippen LogP contribution in [0, 0.1) is 12.3 Å². The van der Waals surface area contributed by atoms with Crippen molar-refractivity contribution < 1.29 is 23.7 Å². The molecule has 0 fully saturated rings. The summed E-state index contributed by atoms with van der Waals surface area (Å²) in [5.41, 5.74) is 1.66. The van der Waals surface area contributed by atoms with E-state index in [1.807, 2.05) is 68.4 Å². The number of nitrogens with one attached hydrogen (secondary N) is 1. The second-order valence-electron chi connectivity index (χ2n) is 8.84. The lowest BCUT2D eigenvalue weighted by atomic mass is 10.1. The van der Waals surface area contributed by atoms with Crippen LogP contribution in [0.4, 0.5) is 0 Å². The van der Waals surface area contributed by atoms with E-state index >= 15 is 0 Å². The Morgan fingerprint density at radius 2 is 1.73 bits per heavy atom. The number of para-hydroxylation sites is 2. The highest BCUT2D eigenvalue weighted by atomic mass is 35.5. The third-order valence-electron chi connectivity index (χ3n) is 5.93. The van der Waals surface area contributed by atoms with E-state index in [1.165, 1.54) is 16.8 Å². The first-order valence-electron chi connectivity index (χ1n) is 12.9. The number of fused-ring (bicyclic) bond motifs is 1. The molecule has 0 saturated carbocycles. The van der Waals surface area contributed by atoms with Crippen molar-refractivity contribution >= 4 is 51.4 Å². The lowest BCUT2D eigenvalue weighted by Crippen LogP contribution is -2.35.